The Kier molecular flexibility index (Phi) is 3.52. The Balaban J connectivity index is 2.17. The van der Waals surface area contributed by atoms with Gasteiger partial charge in [-0.05, 0) is 17.5 Å². The predicted molar refractivity (Wildman–Crippen MR) is 85.1 cm³/mol. The first-order chi connectivity index (χ1) is 10.1. The van der Waals surface area contributed by atoms with Crippen molar-refractivity contribution in [1.82, 2.24) is 9.38 Å². The van der Waals surface area contributed by atoms with E-state index >= 15 is 0 Å². The van der Waals surface area contributed by atoms with E-state index in [9.17, 15) is 4.79 Å². The van der Waals surface area contributed by atoms with Gasteiger partial charge in [0.1, 0.15) is 17.0 Å². The normalized spacial score (nSPS) is 11.2. The highest BCUT2D eigenvalue weighted by Crippen LogP contribution is 2.26. The molecule has 4 heteroatoms. The van der Waals surface area contributed by atoms with Crippen molar-refractivity contribution in [1.29, 1.82) is 0 Å². The quantitative estimate of drug-likeness (QED) is 0.663. The Bertz CT molecular complexity index is 804. The monoisotopic (exact) mass is 298 g/mol. The molecule has 2 aromatic heterocycles. The summed E-state index contributed by atoms with van der Waals surface area (Å²) in [5.41, 5.74) is 4.09. The lowest BCUT2D eigenvalue weighted by molar-refractivity contribution is 0.111. The highest BCUT2D eigenvalue weighted by molar-refractivity contribution is 6.30. The first-order valence-corrected chi connectivity index (χ1v) is 7.21. The minimum Gasteiger partial charge on any atom is -0.297 e. The number of fused-ring (bicyclic) bond motifs is 1. The molecule has 3 aromatic rings. The number of hydrogen-bond donors (Lipinski definition) is 0. The molecule has 3 rings (SSSR count). The standard InChI is InChI=1S/C17H15ClN2O/c1-11(2)12-3-5-13(6-4-12)17-15(10-21)20-8-7-14(18)9-16(20)19-17/h3-11H,1-2H3. The Hall–Kier alpha value is -2.13. The molecule has 106 valence electrons. The van der Waals surface area contributed by atoms with Crippen LogP contribution >= 0.6 is 11.6 Å². The van der Waals surface area contributed by atoms with Crippen LogP contribution in [-0.4, -0.2) is 15.7 Å². The van der Waals surface area contributed by atoms with E-state index in [4.69, 9.17) is 11.6 Å². The molecule has 21 heavy (non-hydrogen) atoms. The molecule has 0 saturated heterocycles. The van der Waals surface area contributed by atoms with E-state index in [0.29, 0.717) is 28.0 Å². The second-order valence-corrected chi connectivity index (χ2v) is 5.75. The maximum Gasteiger partial charge on any atom is 0.169 e. The Morgan fingerprint density at radius 3 is 2.52 bits per heavy atom. The van der Waals surface area contributed by atoms with Crippen molar-refractivity contribution in [3.63, 3.8) is 0 Å². The number of carbonyl (C=O) groups is 1. The molecule has 3 nitrogen and oxygen atoms in total. The molecule has 0 radical (unpaired) electrons. The van der Waals surface area contributed by atoms with Crippen molar-refractivity contribution in [3.05, 3.63) is 58.9 Å². The summed E-state index contributed by atoms with van der Waals surface area (Å²) in [6.45, 7) is 4.30. The van der Waals surface area contributed by atoms with Crippen molar-refractivity contribution in [3.8, 4) is 11.3 Å². The summed E-state index contributed by atoms with van der Waals surface area (Å²) >= 11 is 5.98. The average molecular weight is 299 g/mol. The number of pyridine rings is 1. The zero-order valence-corrected chi connectivity index (χ0v) is 12.6. The third-order valence-corrected chi connectivity index (χ3v) is 3.82. The van der Waals surface area contributed by atoms with E-state index in [0.717, 1.165) is 11.8 Å². The third-order valence-electron chi connectivity index (χ3n) is 3.59. The lowest BCUT2D eigenvalue weighted by Crippen LogP contribution is -1.92. The van der Waals surface area contributed by atoms with Crippen LogP contribution in [0.5, 0.6) is 0 Å². The summed E-state index contributed by atoms with van der Waals surface area (Å²) < 4.78 is 1.75. The third kappa shape index (κ3) is 2.45. The summed E-state index contributed by atoms with van der Waals surface area (Å²) in [7, 11) is 0. The van der Waals surface area contributed by atoms with E-state index in [-0.39, 0.29) is 0 Å². The number of halogens is 1. The molecule has 0 spiro atoms. The highest BCUT2D eigenvalue weighted by atomic mass is 35.5. The maximum absolute atomic E-state index is 11.4. The molecule has 0 unspecified atom stereocenters. The van der Waals surface area contributed by atoms with Crippen molar-refractivity contribution in [2.45, 2.75) is 19.8 Å². The predicted octanol–water partition coefficient (Wildman–Crippen LogP) is 4.59. The number of carbonyl (C=O) groups excluding carboxylic acids is 1. The lowest BCUT2D eigenvalue weighted by atomic mass is 10.0. The number of hydrogen-bond acceptors (Lipinski definition) is 2. The lowest BCUT2D eigenvalue weighted by Gasteiger charge is -2.05. The maximum atomic E-state index is 11.4. The van der Waals surface area contributed by atoms with Gasteiger partial charge in [0.25, 0.3) is 0 Å². The zero-order valence-electron chi connectivity index (χ0n) is 11.9. The molecule has 0 fully saturated rings. The number of aldehydes is 1. The summed E-state index contributed by atoms with van der Waals surface area (Å²) in [5.74, 6) is 0.476. The molecule has 0 saturated carbocycles. The first kappa shape index (κ1) is 13.8. The summed E-state index contributed by atoms with van der Waals surface area (Å²) in [6.07, 6.45) is 2.60. The smallest absolute Gasteiger partial charge is 0.169 e. The fourth-order valence-electron chi connectivity index (χ4n) is 2.39. The van der Waals surface area contributed by atoms with E-state index in [1.807, 2.05) is 12.1 Å². The molecular weight excluding hydrogens is 284 g/mol. The average Bonchev–Trinajstić information content (AvgIpc) is 2.84. The number of nitrogens with zero attached hydrogens (tertiary/aromatic N) is 2. The van der Waals surface area contributed by atoms with E-state index in [1.54, 1.807) is 22.7 Å². The van der Waals surface area contributed by atoms with E-state index in [2.05, 4.69) is 31.0 Å². The van der Waals surface area contributed by atoms with E-state index in [1.165, 1.54) is 5.56 Å². The molecule has 0 aliphatic rings. The molecule has 0 atom stereocenters. The van der Waals surface area contributed by atoms with Crippen LogP contribution in [0, 0.1) is 0 Å². The molecule has 0 N–H and O–H groups in total. The molecule has 0 amide bonds. The van der Waals surface area contributed by atoms with E-state index < -0.39 is 0 Å². The number of imidazole rings is 1. The number of aromatic nitrogens is 2. The zero-order chi connectivity index (χ0) is 15.0. The Morgan fingerprint density at radius 2 is 1.90 bits per heavy atom. The van der Waals surface area contributed by atoms with Gasteiger partial charge < -0.3 is 0 Å². The van der Waals surface area contributed by atoms with Crippen LogP contribution in [0.25, 0.3) is 16.9 Å². The summed E-state index contributed by atoms with van der Waals surface area (Å²) in [6, 6.07) is 11.7. The molecule has 0 aliphatic carbocycles. The molecular formula is C17H15ClN2O. The minimum absolute atomic E-state index is 0.476. The van der Waals surface area contributed by atoms with Gasteiger partial charge in [-0.25, -0.2) is 4.98 Å². The van der Waals surface area contributed by atoms with Gasteiger partial charge in [0.05, 0.1) is 0 Å². The van der Waals surface area contributed by atoms with Gasteiger partial charge in [0.2, 0.25) is 0 Å². The number of benzene rings is 1. The number of rotatable bonds is 3. The molecule has 0 aliphatic heterocycles. The topological polar surface area (TPSA) is 34.4 Å². The van der Waals surface area contributed by atoms with Crippen LogP contribution < -0.4 is 0 Å². The first-order valence-electron chi connectivity index (χ1n) is 6.83. The minimum atomic E-state index is 0.476. The molecule has 1 aromatic carbocycles. The van der Waals surface area contributed by atoms with Gasteiger partial charge in [-0.3, -0.25) is 9.20 Å². The van der Waals surface area contributed by atoms with Crippen molar-refractivity contribution < 1.29 is 4.79 Å². The summed E-state index contributed by atoms with van der Waals surface area (Å²) in [5, 5.41) is 0.603. The second kappa shape index (κ2) is 5.34. The SMILES string of the molecule is CC(C)c1ccc(-c2nc3cc(Cl)ccn3c2C=O)cc1. The van der Waals surface area contributed by atoms with Crippen LogP contribution in [0.3, 0.4) is 0 Å². The molecule has 0 bridgehead atoms. The van der Waals surface area contributed by atoms with Gasteiger partial charge in [-0.2, -0.15) is 0 Å². The fourth-order valence-corrected chi connectivity index (χ4v) is 2.54. The van der Waals surface area contributed by atoms with Gasteiger partial charge in [-0.1, -0.05) is 49.7 Å². The van der Waals surface area contributed by atoms with Crippen molar-refractivity contribution >= 4 is 23.5 Å². The van der Waals surface area contributed by atoms with Gasteiger partial charge in [-0.15, -0.1) is 0 Å². The fraction of sp³-hybridized carbons (Fsp3) is 0.176. The highest BCUT2D eigenvalue weighted by Gasteiger charge is 2.13. The van der Waals surface area contributed by atoms with Gasteiger partial charge in [0.15, 0.2) is 6.29 Å². The van der Waals surface area contributed by atoms with Crippen LogP contribution in [0.15, 0.2) is 42.6 Å². The van der Waals surface area contributed by atoms with Crippen LogP contribution in [-0.2, 0) is 0 Å². The van der Waals surface area contributed by atoms with Crippen LogP contribution in [0.2, 0.25) is 5.02 Å². The van der Waals surface area contributed by atoms with Crippen LogP contribution in [0.1, 0.15) is 35.8 Å². The largest absolute Gasteiger partial charge is 0.297 e. The summed E-state index contributed by atoms with van der Waals surface area (Å²) in [4.78, 5) is 16.0. The Morgan fingerprint density at radius 1 is 1.19 bits per heavy atom. The second-order valence-electron chi connectivity index (χ2n) is 5.31. The molecule has 2 heterocycles. The van der Waals surface area contributed by atoms with Crippen molar-refractivity contribution in [2.24, 2.45) is 0 Å². The Labute approximate surface area is 128 Å². The van der Waals surface area contributed by atoms with Crippen molar-refractivity contribution in [2.75, 3.05) is 0 Å². The van der Waals surface area contributed by atoms with Gasteiger partial charge >= 0.3 is 0 Å². The van der Waals surface area contributed by atoms with Crippen LogP contribution in [0.4, 0.5) is 0 Å². The van der Waals surface area contributed by atoms with Gasteiger partial charge in [0, 0.05) is 22.8 Å².